The van der Waals surface area contributed by atoms with E-state index in [-0.39, 0.29) is 4.29 Å². The zero-order chi connectivity index (χ0) is 9.84. The van der Waals surface area contributed by atoms with Crippen LogP contribution in [0.2, 0.25) is 0 Å². The molecule has 0 radical (unpaired) electrons. The van der Waals surface area contributed by atoms with Crippen LogP contribution < -0.4 is 9.47 Å². The van der Waals surface area contributed by atoms with Gasteiger partial charge in [0.2, 0.25) is 0 Å². The maximum atomic E-state index is 5.87. The third-order valence-electron chi connectivity index (χ3n) is 1.63. The normalized spacial score (nSPS) is 12.3. The number of methoxy groups -OCH3 is 2. The zero-order valence-corrected chi connectivity index (χ0v) is 9.72. The highest BCUT2D eigenvalue weighted by molar-refractivity contribution is 9.09. The second-order valence-electron chi connectivity index (χ2n) is 2.45. The largest absolute Gasteiger partial charge is 0.497 e. The van der Waals surface area contributed by atoms with Crippen molar-refractivity contribution in [1.29, 1.82) is 0 Å². The fourth-order valence-corrected chi connectivity index (χ4v) is 1.35. The van der Waals surface area contributed by atoms with Crippen LogP contribution >= 0.6 is 27.5 Å². The maximum Gasteiger partial charge on any atom is 0.122 e. The second-order valence-corrected chi connectivity index (χ2v) is 4.33. The average Bonchev–Trinajstić information content (AvgIpc) is 2.16. The predicted molar refractivity (Wildman–Crippen MR) is 57.1 cm³/mol. The first kappa shape index (κ1) is 10.7. The first-order valence-electron chi connectivity index (χ1n) is 3.68. The summed E-state index contributed by atoms with van der Waals surface area (Å²) in [7, 11) is 3.21. The summed E-state index contributed by atoms with van der Waals surface area (Å²) in [6.45, 7) is 0. The molecule has 1 aromatic rings. The molecule has 1 aromatic carbocycles. The minimum Gasteiger partial charge on any atom is -0.497 e. The van der Waals surface area contributed by atoms with Gasteiger partial charge in [-0.3, -0.25) is 0 Å². The summed E-state index contributed by atoms with van der Waals surface area (Å²) in [4.78, 5) is 0. The van der Waals surface area contributed by atoms with E-state index in [0.29, 0.717) is 0 Å². The zero-order valence-electron chi connectivity index (χ0n) is 7.38. The van der Waals surface area contributed by atoms with E-state index < -0.39 is 0 Å². The van der Waals surface area contributed by atoms with Crippen molar-refractivity contribution in [2.75, 3.05) is 14.2 Å². The molecule has 1 unspecified atom stereocenters. The molecule has 13 heavy (non-hydrogen) atoms. The van der Waals surface area contributed by atoms with E-state index in [4.69, 9.17) is 21.1 Å². The van der Waals surface area contributed by atoms with Gasteiger partial charge >= 0.3 is 0 Å². The highest BCUT2D eigenvalue weighted by Crippen LogP contribution is 2.32. The Labute approximate surface area is 90.9 Å². The topological polar surface area (TPSA) is 18.5 Å². The first-order chi connectivity index (χ1) is 6.17. The second kappa shape index (κ2) is 4.72. The number of hydrogen-bond donors (Lipinski definition) is 0. The minimum atomic E-state index is -0.225. The molecule has 0 aliphatic rings. The molecule has 1 rings (SSSR count). The van der Waals surface area contributed by atoms with Crippen LogP contribution in [0.1, 0.15) is 9.85 Å². The first-order valence-corrected chi connectivity index (χ1v) is 5.03. The van der Waals surface area contributed by atoms with Crippen LogP contribution in [0.25, 0.3) is 0 Å². The molecule has 0 heterocycles. The lowest BCUT2D eigenvalue weighted by atomic mass is 10.2. The molecule has 0 aliphatic heterocycles. The molecule has 4 heteroatoms. The lowest BCUT2D eigenvalue weighted by Gasteiger charge is -2.08. The van der Waals surface area contributed by atoms with E-state index in [2.05, 4.69) is 15.9 Å². The van der Waals surface area contributed by atoms with E-state index in [9.17, 15) is 0 Å². The van der Waals surface area contributed by atoms with Crippen molar-refractivity contribution in [3.8, 4) is 11.5 Å². The van der Waals surface area contributed by atoms with Gasteiger partial charge in [-0.2, -0.15) is 0 Å². The van der Waals surface area contributed by atoms with Gasteiger partial charge in [-0.25, -0.2) is 0 Å². The van der Waals surface area contributed by atoms with Crippen LogP contribution in [0.5, 0.6) is 11.5 Å². The fourth-order valence-electron chi connectivity index (χ4n) is 0.955. The number of hydrogen-bond acceptors (Lipinski definition) is 2. The van der Waals surface area contributed by atoms with Gasteiger partial charge in [0.25, 0.3) is 0 Å². The quantitative estimate of drug-likeness (QED) is 0.781. The van der Waals surface area contributed by atoms with Crippen LogP contribution in [0.3, 0.4) is 0 Å². The van der Waals surface area contributed by atoms with E-state index >= 15 is 0 Å². The third-order valence-corrected chi connectivity index (χ3v) is 2.41. The van der Waals surface area contributed by atoms with Gasteiger partial charge in [-0.05, 0) is 17.7 Å². The Morgan fingerprint density at radius 3 is 1.92 bits per heavy atom. The van der Waals surface area contributed by atoms with Crippen molar-refractivity contribution in [3.05, 3.63) is 23.8 Å². The summed E-state index contributed by atoms with van der Waals surface area (Å²) in [6, 6.07) is 5.51. The minimum absolute atomic E-state index is 0.225. The Hall–Kier alpha value is -0.410. The molecular weight excluding hydrogens is 255 g/mol. The molecule has 0 aliphatic carbocycles. The molecule has 1 atom stereocenters. The van der Waals surface area contributed by atoms with Gasteiger partial charge in [-0.1, -0.05) is 15.9 Å². The van der Waals surface area contributed by atoms with Crippen LogP contribution in [0.15, 0.2) is 18.2 Å². The Morgan fingerprint density at radius 1 is 1.15 bits per heavy atom. The molecular formula is C9H10BrClO2. The van der Waals surface area contributed by atoms with Crippen molar-refractivity contribution in [2.45, 2.75) is 4.29 Å². The van der Waals surface area contributed by atoms with Crippen LogP contribution in [-0.2, 0) is 0 Å². The number of halogens is 2. The summed E-state index contributed by atoms with van der Waals surface area (Å²) in [5.41, 5.74) is 0.915. The molecule has 0 saturated heterocycles. The molecule has 0 spiro atoms. The van der Waals surface area contributed by atoms with Crippen molar-refractivity contribution >= 4 is 27.5 Å². The van der Waals surface area contributed by atoms with Gasteiger partial charge in [-0.15, -0.1) is 11.6 Å². The Kier molecular flexibility index (Phi) is 3.88. The molecule has 0 amide bonds. The molecule has 0 N–H and O–H groups in total. The third kappa shape index (κ3) is 2.78. The Morgan fingerprint density at radius 2 is 1.62 bits per heavy atom. The SMILES string of the molecule is COc1cc(OC)cc(C(Cl)Br)c1. The Bertz CT molecular complexity index is 267. The van der Waals surface area contributed by atoms with Crippen molar-refractivity contribution in [1.82, 2.24) is 0 Å². The Balaban J connectivity index is 3.07. The molecule has 0 fully saturated rings. The summed E-state index contributed by atoms with van der Waals surface area (Å²) < 4.78 is 9.95. The lowest BCUT2D eigenvalue weighted by Crippen LogP contribution is -1.90. The van der Waals surface area contributed by atoms with E-state index in [1.54, 1.807) is 20.3 Å². The van der Waals surface area contributed by atoms with E-state index in [1.165, 1.54) is 0 Å². The number of benzene rings is 1. The monoisotopic (exact) mass is 264 g/mol. The van der Waals surface area contributed by atoms with Crippen molar-refractivity contribution in [2.24, 2.45) is 0 Å². The number of alkyl halides is 2. The van der Waals surface area contributed by atoms with Gasteiger partial charge in [0.05, 0.1) is 14.2 Å². The summed E-state index contributed by atoms with van der Waals surface area (Å²) in [5.74, 6) is 1.47. The van der Waals surface area contributed by atoms with Crippen molar-refractivity contribution < 1.29 is 9.47 Å². The summed E-state index contributed by atoms with van der Waals surface area (Å²) in [5, 5.41) is 0. The summed E-state index contributed by atoms with van der Waals surface area (Å²) in [6.07, 6.45) is 0. The highest BCUT2D eigenvalue weighted by atomic mass is 79.9. The molecule has 0 aromatic heterocycles. The van der Waals surface area contributed by atoms with Gasteiger partial charge in [0, 0.05) is 6.07 Å². The smallest absolute Gasteiger partial charge is 0.122 e. The molecule has 2 nitrogen and oxygen atoms in total. The number of ether oxygens (including phenoxy) is 2. The lowest BCUT2D eigenvalue weighted by molar-refractivity contribution is 0.393. The molecule has 72 valence electrons. The maximum absolute atomic E-state index is 5.87. The average molecular weight is 266 g/mol. The van der Waals surface area contributed by atoms with Crippen molar-refractivity contribution in [3.63, 3.8) is 0 Å². The fraction of sp³-hybridized carbons (Fsp3) is 0.333. The molecule has 0 saturated carbocycles. The highest BCUT2D eigenvalue weighted by Gasteiger charge is 2.07. The number of rotatable bonds is 3. The van der Waals surface area contributed by atoms with Crippen LogP contribution in [0, 0.1) is 0 Å². The van der Waals surface area contributed by atoms with E-state index in [1.807, 2.05) is 12.1 Å². The van der Waals surface area contributed by atoms with E-state index in [0.717, 1.165) is 17.1 Å². The standard InChI is InChI=1S/C9H10BrClO2/c1-12-7-3-6(9(10)11)4-8(5-7)13-2/h3-5,9H,1-2H3. The molecule has 0 bridgehead atoms. The van der Waals surface area contributed by atoms with Gasteiger partial charge in [0.1, 0.15) is 15.8 Å². The summed E-state index contributed by atoms with van der Waals surface area (Å²) >= 11 is 9.13. The van der Waals surface area contributed by atoms with Gasteiger partial charge < -0.3 is 9.47 Å². The predicted octanol–water partition coefficient (Wildman–Crippen LogP) is 3.34. The van der Waals surface area contributed by atoms with Crippen LogP contribution in [0.4, 0.5) is 0 Å². The van der Waals surface area contributed by atoms with Crippen LogP contribution in [-0.4, -0.2) is 14.2 Å². The van der Waals surface area contributed by atoms with Gasteiger partial charge in [0.15, 0.2) is 0 Å².